The lowest BCUT2D eigenvalue weighted by molar-refractivity contribution is -0.139. The Morgan fingerprint density at radius 2 is 1.89 bits per heavy atom. The van der Waals surface area contributed by atoms with Crippen molar-refractivity contribution in [2.75, 3.05) is 45.6 Å². The maximum Gasteiger partial charge on any atom is 0.327 e. The van der Waals surface area contributed by atoms with Gasteiger partial charge < -0.3 is 25.5 Å². The third-order valence-corrected chi connectivity index (χ3v) is 6.98. The van der Waals surface area contributed by atoms with E-state index in [9.17, 15) is 9.59 Å². The van der Waals surface area contributed by atoms with Gasteiger partial charge in [-0.3, -0.25) is 14.3 Å². The van der Waals surface area contributed by atoms with Crippen LogP contribution in [0.4, 0.5) is 5.82 Å². The van der Waals surface area contributed by atoms with Crippen molar-refractivity contribution >= 4 is 23.0 Å². The van der Waals surface area contributed by atoms with Crippen LogP contribution in [-0.2, 0) is 28.9 Å². The molecule has 1 unspecified atom stereocenters. The summed E-state index contributed by atoms with van der Waals surface area (Å²) in [6.45, 7) is 6.98. The van der Waals surface area contributed by atoms with Crippen molar-refractivity contribution in [2.24, 2.45) is 0 Å². The van der Waals surface area contributed by atoms with E-state index < -0.39 is 0 Å². The number of fused-ring (bicyclic) bond motifs is 1. The molecule has 4 N–H and O–H groups in total. The largest absolute Gasteiger partial charge is 0.469 e. The van der Waals surface area contributed by atoms with Gasteiger partial charge in [-0.1, -0.05) is 37.6 Å². The van der Waals surface area contributed by atoms with Gasteiger partial charge in [0.2, 0.25) is 0 Å². The molecule has 1 saturated heterocycles. The Hall–Kier alpha value is -3.44. The smallest absolute Gasteiger partial charge is 0.327 e. The molecule has 1 aliphatic heterocycles. The van der Waals surface area contributed by atoms with Gasteiger partial charge in [0.25, 0.3) is 0 Å². The Bertz CT molecular complexity index is 1250. The minimum atomic E-state index is -0.234. The first-order valence-corrected chi connectivity index (χ1v) is 13.5. The van der Waals surface area contributed by atoms with Crippen molar-refractivity contribution in [3.05, 3.63) is 45.9 Å². The molecule has 0 aliphatic carbocycles. The Balaban J connectivity index is 1.32. The molecule has 3 heterocycles. The van der Waals surface area contributed by atoms with Gasteiger partial charge in [-0.05, 0) is 43.4 Å². The van der Waals surface area contributed by atoms with Gasteiger partial charge in [-0.25, -0.2) is 4.79 Å². The number of nitrogens with zero attached hydrogens (tertiary/aromatic N) is 4. The van der Waals surface area contributed by atoms with E-state index in [0.717, 1.165) is 63.8 Å². The maximum absolute atomic E-state index is 12.6. The Morgan fingerprint density at radius 3 is 2.66 bits per heavy atom. The fraction of sp³-hybridized carbons (Fsp3) is 0.556. The average molecular weight is 526 g/mol. The number of aromatic amines is 1. The molecule has 11 heteroatoms. The van der Waals surface area contributed by atoms with Crippen LogP contribution in [0, 0.1) is 0 Å². The lowest BCUT2D eigenvalue weighted by atomic mass is 10.0. The van der Waals surface area contributed by atoms with Crippen LogP contribution in [0.15, 0.2) is 29.1 Å². The summed E-state index contributed by atoms with van der Waals surface area (Å²) >= 11 is 0. The number of esters is 1. The summed E-state index contributed by atoms with van der Waals surface area (Å²) in [5.41, 5.74) is 8.98. The number of ether oxygens (including phenoxy) is 2. The monoisotopic (exact) mass is 525 g/mol. The van der Waals surface area contributed by atoms with Crippen LogP contribution in [0.2, 0.25) is 0 Å². The molecule has 2 aromatic heterocycles. The fourth-order valence-corrected chi connectivity index (χ4v) is 4.80. The van der Waals surface area contributed by atoms with Crippen LogP contribution >= 0.6 is 0 Å². The van der Waals surface area contributed by atoms with Crippen molar-refractivity contribution in [3.8, 4) is 6.01 Å². The van der Waals surface area contributed by atoms with Gasteiger partial charge in [0.15, 0.2) is 11.5 Å². The predicted molar refractivity (Wildman–Crippen MR) is 146 cm³/mol. The molecule has 3 aromatic rings. The molecular weight excluding hydrogens is 486 g/mol. The molecule has 1 aliphatic rings. The standard InChI is InChI=1S/C27H39N7O4/c1-3-4-15-38-26-31-24(28)23-25(32-26)34(27(36)30-23)13-6-5-12-33-14-11-29-18-21(33)16-19-7-9-20(10-8-19)17-22(35)37-2/h7-10,21,29H,3-6,11-18H2,1-2H3,(H,30,36)(H2,28,31,32). The predicted octanol–water partition coefficient (Wildman–Crippen LogP) is 1.89. The number of unbranched alkanes of at least 4 members (excludes halogenated alkanes) is 2. The van der Waals surface area contributed by atoms with Crippen molar-refractivity contribution in [1.29, 1.82) is 0 Å². The maximum atomic E-state index is 12.6. The number of carbonyl (C=O) groups excluding carboxylic acids is 1. The molecule has 0 amide bonds. The van der Waals surface area contributed by atoms with Gasteiger partial charge in [-0.15, -0.1) is 0 Å². The molecule has 38 heavy (non-hydrogen) atoms. The number of aryl methyl sites for hydroxylation is 1. The van der Waals surface area contributed by atoms with Crippen LogP contribution in [0.5, 0.6) is 6.01 Å². The minimum absolute atomic E-state index is 0.207. The first kappa shape index (κ1) is 27.6. The summed E-state index contributed by atoms with van der Waals surface area (Å²) in [5.74, 6) is -0.00805. The summed E-state index contributed by atoms with van der Waals surface area (Å²) in [7, 11) is 1.41. The second-order valence-electron chi connectivity index (χ2n) is 9.75. The Morgan fingerprint density at radius 1 is 1.13 bits per heavy atom. The normalized spacial score (nSPS) is 16.1. The van der Waals surface area contributed by atoms with E-state index >= 15 is 0 Å². The first-order valence-electron chi connectivity index (χ1n) is 13.5. The quantitative estimate of drug-likeness (QED) is 0.225. The molecule has 4 rings (SSSR count). The lowest BCUT2D eigenvalue weighted by Crippen LogP contribution is -2.52. The molecule has 0 radical (unpaired) electrons. The number of anilines is 1. The highest BCUT2D eigenvalue weighted by molar-refractivity contribution is 5.81. The molecule has 11 nitrogen and oxygen atoms in total. The lowest BCUT2D eigenvalue weighted by Gasteiger charge is -2.36. The number of rotatable bonds is 13. The number of carbonyl (C=O) groups is 1. The fourth-order valence-electron chi connectivity index (χ4n) is 4.80. The number of H-pyrrole nitrogens is 1. The van der Waals surface area contributed by atoms with Crippen LogP contribution in [0.3, 0.4) is 0 Å². The van der Waals surface area contributed by atoms with Crippen LogP contribution in [0.25, 0.3) is 11.2 Å². The van der Waals surface area contributed by atoms with Crippen molar-refractivity contribution < 1.29 is 14.3 Å². The number of piperazine rings is 1. The van der Waals surface area contributed by atoms with Crippen molar-refractivity contribution in [1.82, 2.24) is 29.7 Å². The molecule has 0 bridgehead atoms. The Kier molecular flexibility index (Phi) is 9.72. The zero-order chi connectivity index (χ0) is 26.9. The third-order valence-electron chi connectivity index (χ3n) is 6.98. The summed E-state index contributed by atoms with van der Waals surface area (Å²) in [4.78, 5) is 38.1. The van der Waals surface area contributed by atoms with Gasteiger partial charge in [0.1, 0.15) is 5.52 Å². The number of hydrogen-bond acceptors (Lipinski definition) is 9. The van der Waals surface area contributed by atoms with Crippen molar-refractivity contribution in [3.63, 3.8) is 0 Å². The number of aromatic nitrogens is 4. The third kappa shape index (κ3) is 7.11. The summed E-state index contributed by atoms with van der Waals surface area (Å²) in [5, 5.41) is 3.51. The zero-order valence-corrected chi connectivity index (χ0v) is 22.4. The van der Waals surface area contributed by atoms with Gasteiger partial charge in [-0.2, -0.15) is 9.97 Å². The molecule has 1 aromatic carbocycles. The second-order valence-corrected chi connectivity index (χ2v) is 9.75. The van der Waals surface area contributed by atoms with E-state index in [1.807, 2.05) is 12.1 Å². The number of methoxy groups -OCH3 is 1. The SMILES string of the molecule is CCCCOc1nc(N)c2[nH]c(=O)n(CCCCN3CCNCC3Cc3ccc(CC(=O)OC)cc3)c2n1. The van der Waals surface area contributed by atoms with Gasteiger partial charge in [0, 0.05) is 32.2 Å². The van der Waals surface area contributed by atoms with Crippen LogP contribution in [0.1, 0.15) is 43.7 Å². The number of imidazole rings is 1. The molecule has 0 saturated carbocycles. The molecule has 206 valence electrons. The summed E-state index contributed by atoms with van der Waals surface area (Å²) in [6, 6.07) is 8.80. The van der Waals surface area contributed by atoms with Gasteiger partial charge in [0.05, 0.1) is 20.1 Å². The van der Waals surface area contributed by atoms with E-state index in [2.05, 4.69) is 44.2 Å². The van der Waals surface area contributed by atoms with Gasteiger partial charge >= 0.3 is 17.7 Å². The number of nitrogens with one attached hydrogen (secondary N) is 2. The van der Waals surface area contributed by atoms with E-state index in [-0.39, 0.29) is 23.5 Å². The van der Waals surface area contributed by atoms with Crippen LogP contribution in [-0.4, -0.2) is 76.3 Å². The molecule has 0 spiro atoms. The number of benzene rings is 1. The summed E-state index contributed by atoms with van der Waals surface area (Å²) in [6.07, 6.45) is 4.91. The average Bonchev–Trinajstić information content (AvgIpc) is 3.24. The molecular formula is C27H39N7O4. The molecule has 1 atom stereocenters. The van der Waals surface area contributed by atoms with E-state index in [1.165, 1.54) is 12.7 Å². The minimum Gasteiger partial charge on any atom is -0.469 e. The second kappa shape index (κ2) is 13.4. The van der Waals surface area contributed by atoms with Crippen LogP contribution < -0.4 is 21.5 Å². The summed E-state index contributed by atoms with van der Waals surface area (Å²) < 4.78 is 12.0. The zero-order valence-electron chi connectivity index (χ0n) is 22.4. The first-order chi connectivity index (χ1) is 18.5. The highest BCUT2D eigenvalue weighted by Gasteiger charge is 2.22. The topological polar surface area (TPSA) is 140 Å². The highest BCUT2D eigenvalue weighted by Crippen LogP contribution is 2.19. The number of hydrogen-bond donors (Lipinski definition) is 3. The number of nitrogen functional groups attached to an aromatic ring is 1. The van der Waals surface area contributed by atoms with E-state index in [1.54, 1.807) is 4.57 Å². The number of nitrogens with two attached hydrogens (primary N) is 1. The van der Waals surface area contributed by atoms with E-state index in [4.69, 9.17) is 15.2 Å². The Labute approximate surface area is 222 Å². The van der Waals surface area contributed by atoms with E-state index in [0.29, 0.717) is 36.8 Å². The van der Waals surface area contributed by atoms with Crippen molar-refractivity contribution in [2.45, 2.75) is 58.0 Å². The highest BCUT2D eigenvalue weighted by atomic mass is 16.5. The molecule has 1 fully saturated rings.